The summed E-state index contributed by atoms with van der Waals surface area (Å²) >= 11 is 0. The van der Waals surface area contributed by atoms with Gasteiger partial charge in [-0.2, -0.15) is 5.26 Å². The fourth-order valence-corrected chi connectivity index (χ4v) is 3.07. The van der Waals surface area contributed by atoms with Gasteiger partial charge in [-0.25, -0.2) is 0 Å². The van der Waals surface area contributed by atoms with Crippen molar-refractivity contribution in [3.63, 3.8) is 0 Å². The molecule has 0 N–H and O–H groups in total. The summed E-state index contributed by atoms with van der Waals surface area (Å²) in [4.78, 5) is 4.99. The van der Waals surface area contributed by atoms with E-state index in [-0.39, 0.29) is 0 Å². The molecule has 3 rings (SSSR count). The fourth-order valence-electron chi connectivity index (χ4n) is 3.07. The molecule has 0 spiro atoms. The lowest BCUT2D eigenvalue weighted by molar-refractivity contribution is 0.212. The van der Waals surface area contributed by atoms with Crippen molar-refractivity contribution < 1.29 is 0 Å². The van der Waals surface area contributed by atoms with Gasteiger partial charge in [-0.3, -0.25) is 4.90 Å². The molecule has 0 radical (unpaired) electrons. The molecule has 0 amide bonds. The third kappa shape index (κ3) is 2.74. The normalized spacial score (nSPS) is 25.5. The third-order valence-corrected chi connectivity index (χ3v) is 4.21. The first kappa shape index (κ1) is 13.9. The van der Waals surface area contributed by atoms with Crippen LogP contribution >= 0.6 is 0 Å². The van der Waals surface area contributed by atoms with E-state index in [4.69, 9.17) is 5.26 Å². The summed E-state index contributed by atoms with van der Waals surface area (Å²) < 4.78 is 0. The Labute approximate surface area is 116 Å². The molecule has 0 aromatic heterocycles. The summed E-state index contributed by atoms with van der Waals surface area (Å²) in [6.07, 6.45) is 2.65. The van der Waals surface area contributed by atoms with Gasteiger partial charge in [0, 0.05) is 30.9 Å². The Kier molecular flexibility index (Phi) is 4.44. The van der Waals surface area contributed by atoms with E-state index in [1.54, 1.807) is 0 Å². The molecule has 2 fully saturated rings. The molecule has 2 aliphatic heterocycles. The zero-order chi connectivity index (χ0) is 13.8. The molecule has 102 valence electrons. The van der Waals surface area contributed by atoms with Crippen LogP contribution in [0.2, 0.25) is 0 Å². The van der Waals surface area contributed by atoms with Crippen molar-refractivity contribution in [1.82, 2.24) is 4.90 Å². The number of hydrogen-bond acceptors (Lipinski definition) is 3. The van der Waals surface area contributed by atoms with Crippen LogP contribution in [-0.4, -0.2) is 37.1 Å². The minimum absolute atomic E-state index is 0.712. The predicted molar refractivity (Wildman–Crippen MR) is 79.3 cm³/mol. The van der Waals surface area contributed by atoms with Gasteiger partial charge in [0.1, 0.15) is 0 Å². The lowest BCUT2D eigenvalue weighted by atomic mass is 10.1. The van der Waals surface area contributed by atoms with Crippen molar-refractivity contribution in [2.24, 2.45) is 0 Å². The van der Waals surface area contributed by atoms with Gasteiger partial charge < -0.3 is 4.90 Å². The Hall–Kier alpha value is -1.53. The number of nitriles is 1. The Morgan fingerprint density at radius 1 is 1.05 bits per heavy atom. The van der Waals surface area contributed by atoms with Crippen molar-refractivity contribution in [3.05, 3.63) is 29.8 Å². The van der Waals surface area contributed by atoms with Crippen LogP contribution in [0.1, 0.15) is 32.3 Å². The first-order chi connectivity index (χ1) is 9.28. The minimum Gasteiger partial charge on any atom is -0.368 e. The predicted octanol–water partition coefficient (Wildman–Crippen LogP) is 2.87. The molecular weight excluding hydrogens is 234 g/mol. The smallest absolute Gasteiger partial charge is 0.0991 e. The highest BCUT2D eigenvalue weighted by molar-refractivity contribution is 5.50. The number of anilines is 1. The second-order valence-electron chi connectivity index (χ2n) is 5.11. The van der Waals surface area contributed by atoms with Gasteiger partial charge in [-0.15, -0.1) is 0 Å². The number of hydrogen-bond donors (Lipinski definition) is 0. The highest BCUT2D eigenvalue weighted by atomic mass is 15.3. The molecule has 3 nitrogen and oxygen atoms in total. The summed E-state index contributed by atoms with van der Waals surface area (Å²) in [5, 5.41) is 8.80. The van der Waals surface area contributed by atoms with E-state index in [2.05, 4.69) is 35.0 Å². The lowest BCUT2D eigenvalue weighted by Gasteiger charge is -2.40. The largest absolute Gasteiger partial charge is 0.368 e. The van der Waals surface area contributed by atoms with Gasteiger partial charge in [-0.05, 0) is 44.2 Å². The van der Waals surface area contributed by atoms with E-state index < -0.39 is 0 Å². The lowest BCUT2D eigenvalue weighted by Crippen LogP contribution is -2.52. The first-order valence-corrected chi connectivity index (χ1v) is 7.25. The molecule has 1 aromatic rings. The van der Waals surface area contributed by atoms with Crippen LogP contribution in [0.4, 0.5) is 5.69 Å². The number of fused-ring (bicyclic) bond motifs is 2. The van der Waals surface area contributed by atoms with Crippen LogP contribution in [0.15, 0.2) is 24.3 Å². The Morgan fingerprint density at radius 3 is 2.05 bits per heavy atom. The van der Waals surface area contributed by atoms with Gasteiger partial charge in [0.2, 0.25) is 0 Å². The molecule has 0 aliphatic carbocycles. The zero-order valence-corrected chi connectivity index (χ0v) is 12.1. The first-order valence-electron chi connectivity index (χ1n) is 7.25. The van der Waals surface area contributed by atoms with Gasteiger partial charge >= 0.3 is 0 Å². The second kappa shape index (κ2) is 6.08. The van der Waals surface area contributed by atoms with Crippen molar-refractivity contribution in [1.29, 1.82) is 5.26 Å². The second-order valence-corrected chi connectivity index (χ2v) is 5.11. The average molecular weight is 257 g/mol. The van der Waals surface area contributed by atoms with Gasteiger partial charge in [0.15, 0.2) is 0 Å². The van der Waals surface area contributed by atoms with Crippen molar-refractivity contribution >= 4 is 5.69 Å². The quantitative estimate of drug-likeness (QED) is 0.775. The maximum atomic E-state index is 8.80. The van der Waals surface area contributed by atoms with Crippen LogP contribution in [0.3, 0.4) is 0 Å². The molecule has 3 heteroatoms. The van der Waals surface area contributed by atoms with Crippen LogP contribution in [-0.2, 0) is 0 Å². The van der Waals surface area contributed by atoms with Crippen LogP contribution in [0.5, 0.6) is 0 Å². The number of piperazine rings is 1. The molecule has 2 bridgehead atoms. The Morgan fingerprint density at radius 2 is 1.58 bits per heavy atom. The minimum atomic E-state index is 0.712. The Bertz CT molecular complexity index is 432. The average Bonchev–Trinajstić information content (AvgIpc) is 2.71. The summed E-state index contributed by atoms with van der Waals surface area (Å²) in [6.45, 7) is 6.25. The standard InChI is InChI=1S/C14H17N3.C2H6/c1-16-13-6-7-14(16)10-17(9-13)12-4-2-11(8-15)3-5-12;1-2/h2-5,13-14H,6-7,9-10H2,1H3;1-2H3. The van der Waals surface area contributed by atoms with Crippen molar-refractivity contribution in [2.75, 3.05) is 25.0 Å². The van der Waals surface area contributed by atoms with E-state index in [1.165, 1.54) is 18.5 Å². The van der Waals surface area contributed by atoms with Crippen molar-refractivity contribution in [3.8, 4) is 6.07 Å². The van der Waals surface area contributed by atoms with Crippen LogP contribution in [0, 0.1) is 11.3 Å². The van der Waals surface area contributed by atoms with E-state index in [9.17, 15) is 0 Å². The monoisotopic (exact) mass is 257 g/mol. The van der Waals surface area contributed by atoms with Gasteiger partial charge in [-0.1, -0.05) is 13.8 Å². The highest BCUT2D eigenvalue weighted by Gasteiger charge is 2.37. The molecule has 0 saturated carbocycles. The molecule has 2 unspecified atom stereocenters. The summed E-state index contributed by atoms with van der Waals surface area (Å²) in [5.74, 6) is 0. The SMILES string of the molecule is CC.CN1C2CCC1CN(c1ccc(C#N)cc1)C2. The molecule has 1 aromatic carbocycles. The van der Waals surface area contributed by atoms with E-state index >= 15 is 0 Å². The molecule has 2 atom stereocenters. The highest BCUT2D eigenvalue weighted by Crippen LogP contribution is 2.31. The van der Waals surface area contributed by atoms with Gasteiger partial charge in [0.25, 0.3) is 0 Å². The maximum Gasteiger partial charge on any atom is 0.0991 e. The van der Waals surface area contributed by atoms with E-state index in [1.807, 2.05) is 26.0 Å². The molecule has 2 aliphatic rings. The number of rotatable bonds is 1. The molecule has 19 heavy (non-hydrogen) atoms. The van der Waals surface area contributed by atoms with E-state index in [0.717, 1.165) is 18.7 Å². The van der Waals surface area contributed by atoms with Gasteiger partial charge in [0.05, 0.1) is 11.6 Å². The van der Waals surface area contributed by atoms with Crippen molar-refractivity contribution in [2.45, 2.75) is 38.8 Å². The molecule has 2 saturated heterocycles. The molecule has 2 heterocycles. The number of nitrogens with zero attached hydrogens (tertiary/aromatic N) is 3. The summed E-state index contributed by atoms with van der Waals surface area (Å²) in [6, 6.07) is 11.6. The fraction of sp³-hybridized carbons (Fsp3) is 0.562. The number of likely N-dealkylation sites (N-methyl/N-ethyl adjacent to an activating group) is 1. The zero-order valence-electron chi connectivity index (χ0n) is 12.1. The molecular formula is C16H23N3. The number of benzene rings is 1. The van der Waals surface area contributed by atoms with Crippen LogP contribution < -0.4 is 4.90 Å². The topological polar surface area (TPSA) is 30.3 Å². The summed E-state index contributed by atoms with van der Waals surface area (Å²) in [5.41, 5.74) is 2.00. The summed E-state index contributed by atoms with van der Waals surface area (Å²) in [7, 11) is 2.25. The maximum absolute atomic E-state index is 8.80. The Balaban J connectivity index is 0.000000637. The van der Waals surface area contributed by atoms with E-state index in [0.29, 0.717) is 12.1 Å². The van der Waals surface area contributed by atoms with Crippen LogP contribution in [0.25, 0.3) is 0 Å². The third-order valence-electron chi connectivity index (χ3n) is 4.21.